The molecule has 0 N–H and O–H groups in total. The Balaban J connectivity index is 1.95. The first kappa shape index (κ1) is 14.7. The first-order chi connectivity index (χ1) is 11.3. The SMILES string of the molecule is O=C(c1ccccc1)N(N=Nc1ccccc1)c1ccccc1. The molecule has 0 fully saturated rings. The number of hydrogen-bond acceptors (Lipinski definition) is 3. The van der Waals surface area contributed by atoms with Gasteiger partial charge in [0, 0.05) is 5.56 Å². The fourth-order valence-electron chi connectivity index (χ4n) is 2.07. The van der Waals surface area contributed by atoms with Gasteiger partial charge in [0.1, 0.15) is 0 Å². The molecule has 0 aliphatic carbocycles. The Hall–Kier alpha value is -3.27. The van der Waals surface area contributed by atoms with Crippen molar-refractivity contribution < 1.29 is 4.79 Å². The summed E-state index contributed by atoms with van der Waals surface area (Å²) in [7, 11) is 0. The van der Waals surface area contributed by atoms with E-state index in [1.165, 1.54) is 5.01 Å². The van der Waals surface area contributed by atoms with Gasteiger partial charge in [-0.05, 0) is 36.4 Å². The monoisotopic (exact) mass is 301 g/mol. The van der Waals surface area contributed by atoms with Crippen LogP contribution in [0, 0.1) is 0 Å². The van der Waals surface area contributed by atoms with Gasteiger partial charge in [0.05, 0.1) is 11.4 Å². The predicted octanol–water partition coefficient (Wildman–Crippen LogP) is 5.03. The minimum absolute atomic E-state index is 0.225. The molecule has 4 heteroatoms. The summed E-state index contributed by atoms with van der Waals surface area (Å²) >= 11 is 0. The van der Waals surface area contributed by atoms with E-state index in [0.29, 0.717) is 16.9 Å². The van der Waals surface area contributed by atoms with E-state index in [4.69, 9.17) is 0 Å². The summed E-state index contributed by atoms with van der Waals surface area (Å²) in [5.74, 6) is -0.225. The fraction of sp³-hybridized carbons (Fsp3) is 0. The minimum Gasteiger partial charge on any atom is -0.267 e. The molecular weight excluding hydrogens is 286 g/mol. The normalized spacial score (nSPS) is 10.6. The standard InChI is InChI=1S/C19H15N3O/c23-19(16-10-4-1-5-11-16)22(18-14-8-3-9-15-18)21-20-17-12-6-2-7-13-17/h1-15H. The van der Waals surface area contributed by atoms with Crippen LogP contribution < -0.4 is 5.01 Å². The Morgan fingerprint density at radius 2 is 1.22 bits per heavy atom. The molecule has 3 rings (SSSR count). The number of nitrogens with zero attached hydrogens (tertiary/aromatic N) is 3. The molecule has 0 atom stereocenters. The average molecular weight is 301 g/mol. The lowest BCUT2D eigenvalue weighted by Gasteiger charge is -2.15. The lowest BCUT2D eigenvalue weighted by atomic mass is 10.2. The molecule has 0 heterocycles. The van der Waals surface area contributed by atoms with E-state index in [2.05, 4.69) is 10.3 Å². The second-order valence-corrected chi connectivity index (χ2v) is 4.84. The number of carbonyl (C=O) groups is 1. The summed E-state index contributed by atoms with van der Waals surface area (Å²) in [6, 6.07) is 27.6. The van der Waals surface area contributed by atoms with E-state index >= 15 is 0 Å². The van der Waals surface area contributed by atoms with E-state index < -0.39 is 0 Å². The van der Waals surface area contributed by atoms with Crippen molar-refractivity contribution in [2.45, 2.75) is 0 Å². The van der Waals surface area contributed by atoms with E-state index in [0.717, 1.165) is 0 Å². The lowest BCUT2D eigenvalue weighted by molar-refractivity contribution is 0.0986. The average Bonchev–Trinajstić information content (AvgIpc) is 2.64. The Kier molecular flexibility index (Phi) is 4.55. The summed E-state index contributed by atoms with van der Waals surface area (Å²) in [5.41, 5.74) is 1.92. The van der Waals surface area contributed by atoms with Crippen molar-refractivity contribution in [3.05, 3.63) is 96.6 Å². The Morgan fingerprint density at radius 3 is 1.83 bits per heavy atom. The Bertz CT molecular complexity index is 787. The Labute approximate surface area is 134 Å². The highest BCUT2D eigenvalue weighted by Gasteiger charge is 2.17. The zero-order valence-electron chi connectivity index (χ0n) is 12.4. The summed E-state index contributed by atoms with van der Waals surface area (Å²) in [6.45, 7) is 0. The molecule has 0 saturated heterocycles. The van der Waals surface area contributed by atoms with Crippen LogP contribution in [-0.4, -0.2) is 5.91 Å². The van der Waals surface area contributed by atoms with Crippen LogP contribution in [0.1, 0.15) is 10.4 Å². The van der Waals surface area contributed by atoms with Crippen molar-refractivity contribution in [1.82, 2.24) is 0 Å². The van der Waals surface area contributed by atoms with Crippen LogP contribution in [0.5, 0.6) is 0 Å². The van der Waals surface area contributed by atoms with Crippen LogP contribution in [0.3, 0.4) is 0 Å². The quantitative estimate of drug-likeness (QED) is 0.492. The van der Waals surface area contributed by atoms with Crippen LogP contribution in [0.25, 0.3) is 0 Å². The van der Waals surface area contributed by atoms with E-state index in [1.807, 2.05) is 78.9 Å². The highest BCUT2D eigenvalue weighted by molar-refractivity contribution is 6.05. The number of carbonyl (C=O) groups excluding carboxylic acids is 1. The number of rotatable bonds is 4. The molecule has 3 aromatic rings. The van der Waals surface area contributed by atoms with Gasteiger partial charge in [-0.15, -0.1) is 5.11 Å². The molecule has 23 heavy (non-hydrogen) atoms. The zero-order chi connectivity index (χ0) is 15.9. The zero-order valence-corrected chi connectivity index (χ0v) is 12.4. The van der Waals surface area contributed by atoms with E-state index in [-0.39, 0.29) is 5.91 Å². The highest BCUT2D eigenvalue weighted by Crippen LogP contribution is 2.20. The molecule has 0 aliphatic heterocycles. The summed E-state index contributed by atoms with van der Waals surface area (Å²) in [6.07, 6.45) is 0. The van der Waals surface area contributed by atoms with Gasteiger partial charge in [-0.2, -0.15) is 5.01 Å². The highest BCUT2D eigenvalue weighted by atomic mass is 16.2. The number of hydrogen-bond donors (Lipinski definition) is 0. The van der Waals surface area contributed by atoms with Crippen LogP contribution >= 0.6 is 0 Å². The summed E-state index contributed by atoms with van der Waals surface area (Å²) in [4.78, 5) is 12.7. The molecule has 1 amide bonds. The lowest BCUT2D eigenvalue weighted by Crippen LogP contribution is -2.24. The van der Waals surface area contributed by atoms with Crippen molar-refractivity contribution in [3.8, 4) is 0 Å². The molecule has 0 bridgehead atoms. The van der Waals surface area contributed by atoms with E-state index in [9.17, 15) is 4.79 Å². The molecule has 0 unspecified atom stereocenters. The maximum Gasteiger partial charge on any atom is 0.280 e. The molecule has 0 saturated carbocycles. The number of benzene rings is 3. The van der Waals surface area contributed by atoms with Crippen LogP contribution in [-0.2, 0) is 0 Å². The van der Waals surface area contributed by atoms with Gasteiger partial charge in [0.25, 0.3) is 5.91 Å². The van der Waals surface area contributed by atoms with Gasteiger partial charge in [-0.3, -0.25) is 4.79 Å². The first-order valence-electron chi connectivity index (χ1n) is 7.26. The second kappa shape index (κ2) is 7.13. The fourth-order valence-corrected chi connectivity index (χ4v) is 2.07. The van der Waals surface area contributed by atoms with Crippen LogP contribution in [0.2, 0.25) is 0 Å². The Morgan fingerprint density at radius 1 is 0.696 bits per heavy atom. The van der Waals surface area contributed by atoms with Crippen molar-refractivity contribution in [3.63, 3.8) is 0 Å². The van der Waals surface area contributed by atoms with Crippen molar-refractivity contribution in [2.24, 2.45) is 10.3 Å². The van der Waals surface area contributed by atoms with Gasteiger partial charge < -0.3 is 0 Å². The molecular formula is C19H15N3O. The van der Waals surface area contributed by atoms with Crippen molar-refractivity contribution in [1.29, 1.82) is 0 Å². The van der Waals surface area contributed by atoms with Gasteiger partial charge in [0.2, 0.25) is 0 Å². The third-order valence-electron chi connectivity index (χ3n) is 3.22. The number of anilines is 1. The van der Waals surface area contributed by atoms with Crippen molar-refractivity contribution in [2.75, 3.05) is 5.01 Å². The minimum atomic E-state index is -0.225. The third kappa shape index (κ3) is 3.68. The van der Waals surface area contributed by atoms with Gasteiger partial charge in [-0.1, -0.05) is 59.8 Å². The summed E-state index contributed by atoms with van der Waals surface area (Å²) < 4.78 is 0. The topological polar surface area (TPSA) is 45.0 Å². The molecule has 0 aliphatic rings. The summed E-state index contributed by atoms with van der Waals surface area (Å²) in [5, 5.41) is 9.62. The van der Waals surface area contributed by atoms with Crippen LogP contribution in [0.4, 0.5) is 11.4 Å². The van der Waals surface area contributed by atoms with Gasteiger partial charge in [0.15, 0.2) is 0 Å². The number of para-hydroxylation sites is 1. The molecule has 112 valence electrons. The molecule has 0 radical (unpaired) electrons. The smallest absolute Gasteiger partial charge is 0.267 e. The van der Waals surface area contributed by atoms with Crippen LogP contribution in [0.15, 0.2) is 101 Å². The van der Waals surface area contributed by atoms with Gasteiger partial charge in [-0.25, -0.2) is 0 Å². The largest absolute Gasteiger partial charge is 0.280 e. The maximum atomic E-state index is 12.7. The van der Waals surface area contributed by atoms with Gasteiger partial charge >= 0.3 is 0 Å². The number of amides is 1. The maximum absolute atomic E-state index is 12.7. The molecule has 0 aromatic heterocycles. The third-order valence-corrected chi connectivity index (χ3v) is 3.22. The first-order valence-corrected chi connectivity index (χ1v) is 7.26. The second-order valence-electron chi connectivity index (χ2n) is 4.84. The molecule has 4 nitrogen and oxygen atoms in total. The molecule has 3 aromatic carbocycles. The molecule has 0 spiro atoms. The predicted molar refractivity (Wildman–Crippen MR) is 90.7 cm³/mol. The van der Waals surface area contributed by atoms with Crippen molar-refractivity contribution >= 4 is 17.3 Å². The van der Waals surface area contributed by atoms with E-state index in [1.54, 1.807) is 12.1 Å².